The van der Waals surface area contributed by atoms with Crippen molar-refractivity contribution in [1.29, 1.82) is 0 Å². The summed E-state index contributed by atoms with van der Waals surface area (Å²) in [4.78, 5) is 0. The molecule has 1 unspecified atom stereocenters. The van der Waals surface area contributed by atoms with Crippen molar-refractivity contribution >= 4 is 5.69 Å². The summed E-state index contributed by atoms with van der Waals surface area (Å²) in [5.41, 5.74) is 1.69. The lowest BCUT2D eigenvalue weighted by Crippen LogP contribution is -2.31. The fourth-order valence-corrected chi connectivity index (χ4v) is 2.74. The van der Waals surface area contributed by atoms with Crippen molar-refractivity contribution in [3.63, 3.8) is 0 Å². The van der Waals surface area contributed by atoms with Gasteiger partial charge in [0, 0.05) is 11.7 Å². The summed E-state index contributed by atoms with van der Waals surface area (Å²) in [6.07, 6.45) is 5.24. The molecule has 0 spiro atoms. The highest BCUT2D eigenvalue weighted by Crippen LogP contribution is 2.36. The fraction of sp³-hybridized carbons (Fsp3) is 0.600. The number of nitrogens with one attached hydrogen (secondary N) is 1. The lowest BCUT2D eigenvalue weighted by atomic mass is 9.75. The van der Waals surface area contributed by atoms with Gasteiger partial charge in [-0.15, -0.1) is 0 Å². The van der Waals surface area contributed by atoms with Crippen LogP contribution in [0.15, 0.2) is 24.3 Å². The average Bonchev–Trinajstić information content (AvgIpc) is 2.29. The molecule has 0 radical (unpaired) electrons. The van der Waals surface area contributed by atoms with Gasteiger partial charge in [0.2, 0.25) is 0 Å². The first-order chi connectivity index (χ1) is 8.09. The third-order valence-electron chi connectivity index (χ3n) is 3.67. The minimum atomic E-state index is 0.488. The maximum atomic E-state index is 5.16. The third-order valence-corrected chi connectivity index (χ3v) is 3.67. The van der Waals surface area contributed by atoms with Gasteiger partial charge in [-0.3, -0.25) is 0 Å². The molecule has 2 heteroatoms. The van der Waals surface area contributed by atoms with Crippen LogP contribution in [0.1, 0.15) is 39.5 Å². The Kier molecular flexibility index (Phi) is 3.60. The standard InChI is InChI=1S/C15H23NO/c1-15(2)10-4-5-13(11-15)16-12-6-8-14(17-3)9-7-12/h6-9,13,16H,4-5,10-11H2,1-3H3. The molecule has 2 rings (SSSR count). The summed E-state index contributed by atoms with van der Waals surface area (Å²) in [5, 5.41) is 3.63. The molecule has 1 atom stereocenters. The van der Waals surface area contributed by atoms with Crippen molar-refractivity contribution in [3.05, 3.63) is 24.3 Å². The van der Waals surface area contributed by atoms with Crippen molar-refractivity contribution in [2.75, 3.05) is 12.4 Å². The molecule has 94 valence electrons. The van der Waals surface area contributed by atoms with Crippen LogP contribution in [-0.4, -0.2) is 13.2 Å². The van der Waals surface area contributed by atoms with E-state index in [1.807, 2.05) is 12.1 Å². The van der Waals surface area contributed by atoms with E-state index in [2.05, 4.69) is 31.3 Å². The van der Waals surface area contributed by atoms with Crippen molar-refractivity contribution in [3.8, 4) is 5.75 Å². The molecule has 0 heterocycles. The Labute approximate surface area is 104 Å². The Hall–Kier alpha value is -1.18. The summed E-state index contributed by atoms with van der Waals surface area (Å²) >= 11 is 0. The van der Waals surface area contributed by atoms with Crippen LogP contribution < -0.4 is 10.1 Å². The van der Waals surface area contributed by atoms with Gasteiger partial charge < -0.3 is 10.1 Å². The molecule has 1 aliphatic rings. The van der Waals surface area contributed by atoms with Crippen LogP contribution in [0.5, 0.6) is 5.75 Å². The normalized spacial score (nSPS) is 23.1. The van der Waals surface area contributed by atoms with Gasteiger partial charge in [-0.05, 0) is 48.9 Å². The molecule has 2 nitrogen and oxygen atoms in total. The molecule has 0 bridgehead atoms. The van der Waals surface area contributed by atoms with Crippen LogP contribution >= 0.6 is 0 Å². The molecular weight excluding hydrogens is 210 g/mol. The summed E-state index contributed by atoms with van der Waals surface area (Å²) in [6, 6.07) is 8.83. The largest absolute Gasteiger partial charge is 0.497 e. The fourth-order valence-electron chi connectivity index (χ4n) is 2.74. The Morgan fingerprint density at radius 1 is 1.24 bits per heavy atom. The van der Waals surface area contributed by atoms with Gasteiger partial charge in [0.15, 0.2) is 0 Å². The van der Waals surface area contributed by atoms with Gasteiger partial charge in [-0.1, -0.05) is 20.3 Å². The molecule has 1 aliphatic carbocycles. The number of rotatable bonds is 3. The molecule has 1 saturated carbocycles. The molecule has 1 aromatic carbocycles. The number of ether oxygens (including phenoxy) is 1. The molecular formula is C15H23NO. The zero-order chi connectivity index (χ0) is 12.3. The second-order valence-electron chi connectivity index (χ2n) is 5.83. The quantitative estimate of drug-likeness (QED) is 0.849. The zero-order valence-electron chi connectivity index (χ0n) is 11.1. The lowest BCUT2D eigenvalue weighted by molar-refractivity contribution is 0.229. The van der Waals surface area contributed by atoms with Crippen LogP contribution in [0.3, 0.4) is 0 Å². The van der Waals surface area contributed by atoms with Gasteiger partial charge in [0.05, 0.1) is 7.11 Å². The molecule has 1 aromatic rings. The van der Waals surface area contributed by atoms with Gasteiger partial charge in [0.25, 0.3) is 0 Å². The van der Waals surface area contributed by atoms with Crippen LogP contribution in [0, 0.1) is 5.41 Å². The highest BCUT2D eigenvalue weighted by atomic mass is 16.5. The SMILES string of the molecule is COc1ccc(NC2CCCC(C)(C)C2)cc1. The Bertz CT molecular complexity index is 356. The molecule has 1 N–H and O–H groups in total. The Balaban J connectivity index is 1.95. The first-order valence-corrected chi connectivity index (χ1v) is 6.50. The maximum absolute atomic E-state index is 5.16. The van der Waals surface area contributed by atoms with Crippen LogP contribution in [-0.2, 0) is 0 Å². The highest BCUT2D eigenvalue weighted by molar-refractivity contribution is 5.47. The number of hydrogen-bond acceptors (Lipinski definition) is 2. The first kappa shape index (κ1) is 12.3. The molecule has 17 heavy (non-hydrogen) atoms. The average molecular weight is 233 g/mol. The van der Waals surface area contributed by atoms with Crippen LogP contribution in [0.25, 0.3) is 0 Å². The minimum Gasteiger partial charge on any atom is -0.497 e. The van der Waals surface area contributed by atoms with E-state index in [1.54, 1.807) is 7.11 Å². The second-order valence-corrected chi connectivity index (χ2v) is 5.83. The first-order valence-electron chi connectivity index (χ1n) is 6.50. The van der Waals surface area contributed by atoms with E-state index in [4.69, 9.17) is 4.74 Å². The van der Waals surface area contributed by atoms with Gasteiger partial charge >= 0.3 is 0 Å². The number of hydrogen-bond donors (Lipinski definition) is 1. The summed E-state index contributed by atoms with van der Waals surface area (Å²) in [5.74, 6) is 0.916. The predicted molar refractivity (Wildman–Crippen MR) is 72.7 cm³/mol. The van der Waals surface area contributed by atoms with Crippen molar-refractivity contribution in [1.82, 2.24) is 0 Å². The minimum absolute atomic E-state index is 0.488. The maximum Gasteiger partial charge on any atom is 0.119 e. The smallest absolute Gasteiger partial charge is 0.119 e. The molecule has 1 fully saturated rings. The zero-order valence-corrected chi connectivity index (χ0v) is 11.1. The van der Waals surface area contributed by atoms with E-state index in [9.17, 15) is 0 Å². The molecule has 0 saturated heterocycles. The molecule has 0 aliphatic heterocycles. The predicted octanol–water partition coefficient (Wildman–Crippen LogP) is 4.08. The summed E-state index contributed by atoms with van der Waals surface area (Å²) in [7, 11) is 1.70. The highest BCUT2D eigenvalue weighted by Gasteiger charge is 2.27. The number of benzene rings is 1. The van der Waals surface area contributed by atoms with Crippen molar-refractivity contribution in [2.24, 2.45) is 5.41 Å². The van der Waals surface area contributed by atoms with Gasteiger partial charge in [-0.2, -0.15) is 0 Å². The molecule has 0 aromatic heterocycles. The molecule has 0 amide bonds. The van der Waals surface area contributed by atoms with Gasteiger partial charge in [-0.25, -0.2) is 0 Å². The topological polar surface area (TPSA) is 21.3 Å². The van der Waals surface area contributed by atoms with Crippen molar-refractivity contribution in [2.45, 2.75) is 45.6 Å². The van der Waals surface area contributed by atoms with E-state index in [0.717, 1.165) is 5.75 Å². The third kappa shape index (κ3) is 3.39. The van der Waals surface area contributed by atoms with Crippen molar-refractivity contribution < 1.29 is 4.74 Å². The Morgan fingerprint density at radius 3 is 2.53 bits per heavy atom. The van der Waals surface area contributed by atoms with E-state index in [1.165, 1.54) is 31.4 Å². The monoisotopic (exact) mass is 233 g/mol. The second kappa shape index (κ2) is 4.99. The van der Waals surface area contributed by atoms with Crippen LogP contribution in [0.4, 0.5) is 5.69 Å². The van der Waals surface area contributed by atoms with E-state index < -0.39 is 0 Å². The van der Waals surface area contributed by atoms with E-state index in [0.29, 0.717) is 11.5 Å². The van der Waals surface area contributed by atoms with Crippen LogP contribution in [0.2, 0.25) is 0 Å². The summed E-state index contributed by atoms with van der Waals surface area (Å²) < 4.78 is 5.16. The summed E-state index contributed by atoms with van der Waals surface area (Å²) in [6.45, 7) is 4.74. The van der Waals surface area contributed by atoms with Gasteiger partial charge in [0.1, 0.15) is 5.75 Å². The van der Waals surface area contributed by atoms with E-state index in [-0.39, 0.29) is 0 Å². The number of methoxy groups -OCH3 is 1. The lowest BCUT2D eigenvalue weighted by Gasteiger charge is -2.36. The Morgan fingerprint density at radius 2 is 1.94 bits per heavy atom. The van der Waals surface area contributed by atoms with E-state index >= 15 is 0 Å². The number of anilines is 1.